The summed E-state index contributed by atoms with van der Waals surface area (Å²) in [6, 6.07) is 14.6. The lowest BCUT2D eigenvalue weighted by atomic mass is 9.98. The zero-order chi connectivity index (χ0) is 64.9. The van der Waals surface area contributed by atoms with Crippen LogP contribution in [0.3, 0.4) is 0 Å². The quantitative estimate of drug-likeness (QED) is 0.0430. The molecule has 5 aromatic rings. The molecule has 31 heteroatoms. The van der Waals surface area contributed by atoms with Crippen molar-refractivity contribution in [1.29, 1.82) is 0 Å². The Bertz CT molecular complexity index is 3320. The van der Waals surface area contributed by atoms with Gasteiger partial charge in [0, 0.05) is 75.2 Å². The van der Waals surface area contributed by atoms with Gasteiger partial charge in [0.2, 0.25) is 35.4 Å². The van der Waals surface area contributed by atoms with E-state index in [0.717, 1.165) is 39.2 Å². The van der Waals surface area contributed by atoms with Crippen molar-refractivity contribution in [2.75, 3.05) is 59.7 Å². The van der Waals surface area contributed by atoms with Crippen LogP contribution in [0.15, 0.2) is 91.0 Å². The van der Waals surface area contributed by atoms with Gasteiger partial charge in [-0.3, -0.25) is 33.6 Å². The summed E-state index contributed by atoms with van der Waals surface area (Å²) < 4.78 is 16.2. The van der Waals surface area contributed by atoms with Gasteiger partial charge in [-0.15, -0.1) is 35.0 Å². The second-order valence-corrected chi connectivity index (χ2v) is 23.4. The zero-order valence-corrected chi connectivity index (χ0v) is 53.0. The van der Waals surface area contributed by atoms with Crippen LogP contribution in [0.25, 0.3) is 32.3 Å². The standard InChI is InChI=1S/C61H77N11O17S.2ClH/c1-31-29-72-51(52(31)79)57(84)64-28-39(74)26-42(65-53(80)36-7-11-38(12-8-36)59-70-69-58(90-59)37-9-5-34(6-10-37)35-13-15-41(16-14-35)88-23-22-87-3)54(81)66-48(32(2)73)60(85)71-30-40(75)27-43(71)55(82)67-49(56(83)68-50(61(72)86)45(77)18-19-62)46(78)24-33-4-17-44(76)47(25-33)89-21-20-63;;/h4-17,25,31-32,39-40,42-43,45-46,48-52,73-79H,18-24,26-30,62-63H2,1-3H3,(H,64,84)(H,65,80)(H,66,81)(H,67,82)(H,68,83);2*1H/t31-,32+,39+,40+,42-,43-,45+,46+,48-,49-,50-,51-,52-;;/m0../s1. The first-order valence-corrected chi connectivity index (χ1v) is 30.2. The molecule has 8 rings (SSSR count). The van der Waals surface area contributed by atoms with E-state index in [9.17, 15) is 69.3 Å². The monoisotopic (exact) mass is 1340 g/mol. The fraction of sp³-hybridized carbons (Fsp3) is 0.459. The highest BCUT2D eigenvalue weighted by Crippen LogP contribution is 2.33. The summed E-state index contributed by atoms with van der Waals surface area (Å²) in [5, 5.41) is 101. The molecule has 500 valence electrons. The van der Waals surface area contributed by atoms with Crippen molar-refractivity contribution in [2.24, 2.45) is 17.4 Å². The van der Waals surface area contributed by atoms with Crippen LogP contribution in [-0.4, -0.2) is 230 Å². The summed E-state index contributed by atoms with van der Waals surface area (Å²) in [5.74, 6) is -7.98. The molecule has 0 unspecified atom stereocenters. The molecular weight excluding hydrogens is 1260 g/mol. The van der Waals surface area contributed by atoms with Gasteiger partial charge >= 0.3 is 0 Å². The first-order valence-electron chi connectivity index (χ1n) is 29.4. The van der Waals surface area contributed by atoms with Gasteiger partial charge in [-0.1, -0.05) is 72.9 Å². The van der Waals surface area contributed by atoms with Crippen LogP contribution < -0.4 is 47.5 Å². The number of aliphatic hydroxyl groups excluding tert-OH is 6. The number of carbonyl (C=O) groups excluding carboxylic acids is 7. The number of nitrogens with two attached hydrogens (primary N) is 2. The number of rotatable bonds is 19. The Labute approximate surface area is 546 Å². The van der Waals surface area contributed by atoms with Gasteiger partial charge in [-0.2, -0.15) is 0 Å². The number of aromatic hydroxyl groups is 1. The molecule has 16 N–H and O–H groups in total. The fourth-order valence-corrected chi connectivity index (χ4v) is 11.7. The first-order chi connectivity index (χ1) is 43.1. The maximum absolute atomic E-state index is 14.7. The third-order valence-electron chi connectivity index (χ3n) is 15.7. The summed E-state index contributed by atoms with van der Waals surface area (Å²) in [6.45, 7) is 1.94. The number of hydrogen-bond donors (Lipinski definition) is 14. The lowest BCUT2D eigenvalue weighted by Gasteiger charge is -2.34. The third kappa shape index (κ3) is 18.1. The van der Waals surface area contributed by atoms with Gasteiger partial charge < -0.3 is 97.8 Å². The van der Waals surface area contributed by atoms with Crippen molar-refractivity contribution in [3.63, 3.8) is 0 Å². The second kappa shape index (κ2) is 33.8. The van der Waals surface area contributed by atoms with E-state index in [1.165, 1.54) is 48.6 Å². The number of β-amino-alcohol motifs (C(OH)–C–C–N with tert-alkyl or cyclic N) is 1. The molecule has 4 heterocycles. The average Bonchev–Trinajstić information content (AvgIpc) is 1.67. The number of ether oxygens (including phenoxy) is 3. The van der Waals surface area contributed by atoms with Crippen LogP contribution in [0.1, 0.15) is 49.0 Å². The van der Waals surface area contributed by atoms with Crippen molar-refractivity contribution in [2.45, 2.75) is 112 Å². The maximum Gasteiger partial charge on any atom is 0.251 e. The molecule has 1 aromatic heterocycles. The Morgan fingerprint density at radius 1 is 0.685 bits per heavy atom. The van der Waals surface area contributed by atoms with Crippen molar-refractivity contribution < 1.29 is 83.5 Å². The highest BCUT2D eigenvalue weighted by molar-refractivity contribution is 7.17. The lowest BCUT2D eigenvalue weighted by molar-refractivity contribution is -0.147. The molecule has 0 saturated carbocycles. The van der Waals surface area contributed by atoms with Crippen molar-refractivity contribution in [3.05, 3.63) is 102 Å². The summed E-state index contributed by atoms with van der Waals surface area (Å²) in [6.07, 6.45) is -11.9. The molecule has 4 aromatic carbocycles. The van der Waals surface area contributed by atoms with E-state index in [2.05, 4.69) is 36.8 Å². The minimum atomic E-state index is -2.05. The van der Waals surface area contributed by atoms with E-state index < -0.39 is 152 Å². The number of methoxy groups -OCH3 is 1. The number of halogens is 2. The fourth-order valence-electron chi connectivity index (χ4n) is 10.8. The molecule has 7 amide bonds. The summed E-state index contributed by atoms with van der Waals surface area (Å²) in [7, 11) is 1.61. The molecule has 0 aliphatic carbocycles. The number of carbonyl (C=O) groups is 7. The van der Waals surface area contributed by atoms with Crippen LogP contribution in [0.4, 0.5) is 0 Å². The molecule has 3 fully saturated rings. The van der Waals surface area contributed by atoms with Gasteiger partial charge in [0.15, 0.2) is 11.5 Å². The molecule has 0 radical (unpaired) electrons. The Kier molecular flexibility index (Phi) is 27.0. The molecule has 3 aliphatic rings. The van der Waals surface area contributed by atoms with Crippen molar-refractivity contribution in [1.82, 2.24) is 46.6 Å². The molecular formula is C61H79Cl2N11O17S. The molecule has 92 heavy (non-hydrogen) atoms. The van der Waals surface area contributed by atoms with E-state index in [1.54, 1.807) is 19.2 Å². The van der Waals surface area contributed by atoms with E-state index in [4.69, 9.17) is 25.7 Å². The number of aromatic nitrogens is 2. The third-order valence-corrected chi connectivity index (χ3v) is 16.8. The molecule has 13 atom stereocenters. The Morgan fingerprint density at radius 2 is 1.28 bits per heavy atom. The van der Waals surface area contributed by atoms with Crippen LogP contribution in [0, 0.1) is 5.92 Å². The van der Waals surface area contributed by atoms with Crippen molar-refractivity contribution in [3.8, 4) is 49.5 Å². The van der Waals surface area contributed by atoms with Crippen molar-refractivity contribution >= 4 is 77.5 Å². The predicted molar refractivity (Wildman–Crippen MR) is 339 cm³/mol. The Morgan fingerprint density at radius 3 is 1.90 bits per heavy atom. The summed E-state index contributed by atoms with van der Waals surface area (Å²) in [5.41, 5.74) is 15.0. The summed E-state index contributed by atoms with van der Waals surface area (Å²) in [4.78, 5) is 103. The number of phenols is 1. The highest BCUT2D eigenvalue weighted by Gasteiger charge is 2.50. The second-order valence-electron chi connectivity index (χ2n) is 22.4. The van der Waals surface area contributed by atoms with Gasteiger partial charge in [0.25, 0.3) is 5.91 Å². The molecule has 3 aliphatic heterocycles. The largest absolute Gasteiger partial charge is 0.504 e. The first kappa shape index (κ1) is 73.4. The number of fused-ring (bicyclic) bond motifs is 2. The number of phenolic OH excluding ortho intramolecular Hbond substituents is 1. The Balaban J connectivity index is 0.00000672. The topological polar surface area (TPSA) is 433 Å². The van der Waals surface area contributed by atoms with Gasteiger partial charge in [0.1, 0.15) is 65.2 Å². The highest BCUT2D eigenvalue weighted by atomic mass is 35.5. The minimum Gasteiger partial charge on any atom is -0.504 e. The van der Waals surface area contributed by atoms with E-state index in [0.29, 0.717) is 28.8 Å². The van der Waals surface area contributed by atoms with Crippen LogP contribution >= 0.6 is 36.2 Å². The predicted octanol–water partition coefficient (Wildman–Crippen LogP) is -1.25. The zero-order valence-electron chi connectivity index (χ0n) is 50.5. The maximum atomic E-state index is 14.7. The van der Waals surface area contributed by atoms with Crippen LogP contribution in [0.2, 0.25) is 0 Å². The molecule has 3 saturated heterocycles. The minimum absolute atomic E-state index is 0. The lowest BCUT2D eigenvalue weighted by Crippen LogP contribution is -2.64. The van der Waals surface area contributed by atoms with E-state index in [1.807, 2.05) is 48.5 Å². The summed E-state index contributed by atoms with van der Waals surface area (Å²) >= 11 is 1.30. The number of nitrogens with one attached hydrogen (secondary N) is 5. The normalized spacial score (nSPS) is 24.4. The van der Waals surface area contributed by atoms with Crippen LogP contribution in [0.5, 0.6) is 17.2 Å². The number of amides is 7. The molecule has 0 bridgehead atoms. The number of hydrogen-bond acceptors (Lipinski definition) is 22. The number of nitrogens with zero attached hydrogens (tertiary/aromatic N) is 4. The van der Waals surface area contributed by atoms with Gasteiger partial charge in [-0.05, 0) is 73.0 Å². The van der Waals surface area contributed by atoms with Crippen LogP contribution in [-0.2, 0) is 39.9 Å². The van der Waals surface area contributed by atoms with E-state index in [-0.39, 0.29) is 80.1 Å². The van der Waals surface area contributed by atoms with E-state index >= 15 is 0 Å². The molecule has 28 nitrogen and oxygen atoms in total. The smallest absolute Gasteiger partial charge is 0.251 e. The average molecular weight is 1340 g/mol. The van der Waals surface area contributed by atoms with Gasteiger partial charge in [-0.25, -0.2) is 0 Å². The van der Waals surface area contributed by atoms with Gasteiger partial charge in [0.05, 0.1) is 43.2 Å². The Hall–Kier alpha value is -7.65. The number of aliphatic hydroxyl groups is 6. The molecule has 0 spiro atoms. The number of benzene rings is 4. The SMILES string of the molecule is COCCOc1ccc(-c2ccc(-c3nnc(-c4ccc(C(=O)N[C@H]5C[C@@H](O)CNC(=O)[C@@H]6[C@@H](O)[C@@H](C)CN6C(=O)[C@H]([C@H](O)CCN)NC(=O)[C@H]([C@H](O)Cc6ccc(O)c(OCCN)c6)NC(=O)[C@@H]6C[C@@H](O)CN6C(=O)[C@H]([C@@H](C)O)NC5=O)cc4)s3)cc2)cc1.Cl.Cl.